The van der Waals surface area contributed by atoms with E-state index >= 15 is 0 Å². The molecule has 0 atom stereocenters. The highest BCUT2D eigenvalue weighted by Gasteiger charge is 2.03. The van der Waals surface area contributed by atoms with Crippen LogP contribution in [0.2, 0.25) is 5.02 Å². The second-order valence-electron chi connectivity index (χ2n) is 2.29. The Labute approximate surface area is 70.0 Å². The molecular weight excluding hydrogens is 162 g/mol. The molecule has 1 aromatic carbocycles. The molecule has 1 aromatic rings. The average Bonchev–Trinajstić information content (AvgIpc) is 2.01. The number of hydrogen-bond acceptors (Lipinski definition) is 2. The van der Waals surface area contributed by atoms with Gasteiger partial charge in [-0.05, 0) is 24.6 Å². The van der Waals surface area contributed by atoms with Gasteiger partial charge in [0.15, 0.2) is 6.29 Å². The molecule has 0 amide bonds. The Balaban J connectivity index is 3.36. The van der Waals surface area contributed by atoms with Gasteiger partial charge >= 0.3 is 0 Å². The van der Waals surface area contributed by atoms with Crippen molar-refractivity contribution in [1.82, 2.24) is 0 Å². The third kappa shape index (κ3) is 1.35. The van der Waals surface area contributed by atoms with E-state index in [4.69, 9.17) is 17.3 Å². The largest absolute Gasteiger partial charge is 0.398 e. The summed E-state index contributed by atoms with van der Waals surface area (Å²) in [6, 6.07) is 3.27. The Morgan fingerprint density at radius 1 is 1.55 bits per heavy atom. The maximum absolute atomic E-state index is 10.4. The van der Waals surface area contributed by atoms with Gasteiger partial charge < -0.3 is 5.73 Å². The minimum atomic E-state index is 0.465. The molecule has 0 saturated heterocycles. The van der Waals surface area contributed by atoms with Gasteiger partial charge in [-0.1, -0.05) is 11.6 Å². The van der Waals surface area contributed by atoms with Crippen molar-refractivity contribution in [3.8, 4) is 0 Å². The van der Waals surface area contributed by atoms with E-state index in [2.05, 4.69) is 0 Å². The quantitative estimate of drug-likeness (QED) is 0.517. The molecule has 0 aromatic heterocycles. The van der Waals surface area contributed by atoms with Crippen LogP contribution >= 0.6 is 11.6 Å². The summed E-state index contributed by atoms with van der Waals surface area (Å²) in [7, 11) is 0. The molecular formula is C8H8ClNO. The van der Waals surface area contributed by atoms with E-state index in [-0.39, 0.29) is 0 Å². The maximum atomic E-state index is 10.4. The van der Waals surface area contributed by atoms with Gasteiger partial charge in [-0.2, -0.15) is 0 Å². The van der Waals surface area contributed by atoms with Gasteiger partial charge in [-0.25, -0.2) is 0 Å². The van der Waals surface area contributed by atoms with Crippen LogP contribution in [-0.2, 0) is 0 Å². The lowest BCUT2D eigenvalue weighted by Gasteiger charge is -2.03. The van der Waals surface area contributed by atoms with E-state index in [1.165, 1.54) is 0 Å². The normalized spacial score (nSPS) is 9.64. The highest BCUT2D eigenvalue weighted by molar-refractivity contribution is 6.31. The molecule has 0 radical (unpaired) electrons. The number of hydrogen-bond donors (Lipinski definition) is 1. The van der Waals surface area contributed by atoms with Crippen LogP contribution in [-0.4, -0.2) is 6.29 Å². The summed E-state index contributed by atoms with van der Waals surface area (Å²) in [6.45, 7) is 1.78. The van der Waals surface area contributed by atoms with Crippen molar-refractivity contribution in [2.45, 2.75) is 6.92 Å². The number of aldehydes is 1. The van der Waals surface area contributed by atoms with E-state index in [0.717, 1.165) is 11.8 Å². The number of rotatable bonds is 1. The first-order chi connectivity index (χ1) is 5.16. The van der Waals surface area contributed by atoms with E-state index in [1.807, 2.05) is 0 Å². The summed E-state index contributed by atoms with van der Waals surface area (Å²) in [6.07, 6.45) is 0.721. The Morgan fingerprint density at radius 2 is 2.18 bits per heavy atom. The molecule has 58 valence electrons. The molecule has 0 aliphatic rings. The van der Waals surface area contributed by atoms with Crippen LogP contribution in [0.3, 0.4) is 0 Å². The summed E-state index contributed by atoms with van der Waals surface area (Å²) in [5.41, 5.74) is 7.30. The molecule has 11 heavy (non-hydrogen) atoms. The van der Waals surface area contributed by atoms with Crippen LogP contribution in [0.4, 0.5) is 5.69 Å². The number of benzene rings is 1. The third-order valence-corrected chi connectivity index (χ3v) is 2.02. The fraction of sp³-hybridized carbons (Fsp3) is 0.125. The molecule has 0 bridgehead atoms. The Bertz CT molecular complexity index is 296. The first kappa shape index (κ1) is 8.08. The van der Waals surface area contributed by atoms with Crippen LogP contribution in [0.15, 0.2) is 12.1 Å². The molecule has 0 saturated carbocycles. The highest BCUT2D eigenvalue weighted by Crippen LogP contribution is 2.23. The van der Waals surface area contributed by atoms with Crippen LogP contribution in [0, 0.1) is 6.92 Å². The second kappa shape index (κ2) is 2.93. The van der Waals surface area contributed by atoms with E-state index in [0.29, 0.717) is 16.3 Å². The standard InChI is InChI=1S/C8H8ClNO/c1-5-7(9)3-2-6(4-11)8(5)10/h2-4H,10H2,1H3. The van der Waals surface area contributed by atoms with Crippen molar-refractivity contribution in [2.75, 3.05) is 5.73 Å². The highest BCUT2D eigenvalue weighted by atomic mass is 35.5. The summed E-state index contributed by atoms with van der Waals surface area (Å²) in [4.78, 5) is 10.4. The lowest BCUT2D eigenvalue weighted by Crippen LogP contribution is -1.96. The van der Waals surface area contributed by atoms with Crippen molar-refractivity contribution >= 4 is 23.6 Å². The molecule has 2 nitrogen and oxygen atoms in total. The van der Waals surface area contributed by atoms with E-state index in [9.17, 15) is 4.79 Å². The number of nitrogens with two attached hydrogens (primary N) is 1. The summed E-state index contributed by atoms with van der Waals surface area (Å²) >= 11 is 5.75. The van der Waals surface area contributed by atoms with Crippen LogP contribution < -0.4 is 5.73 Å². The predicted octanol–water partition coefficient (Wildman–Crippen LogP) is 2.04. The molecule has 2 N–H and O–H groups in total. The minimum absolute atomic E-state index is 0.465. The van der Waals surface area contributed by atoms with Crippen molar-refractivity contribution in [1.29, 1.82) is 0 Å². The first-order valence-corrected chi connectivity index (χ1v) is 3.54. The fourth-order valence-corrected chi connectivity index (χ4v) is 0.990. The van der Waals surface area contributed by atoms with Gasteiger partial charge in [0.25, 0.3) is 0 Å². The number of carbonyl (C=O) groups excluding carboxylic acids is 1. The monoisotopic (exact) mass is 169 g/mol. The molecule has 0 heterocycles. The van der Waals surface area contributed by atoms with Crippen LogP contribution in [0.25, 0.3) is 0 Å². The summed E-state index contributed by atoms with van der Waals surface area (Å²) < 4.78 is 0. The molecule has 0 aliphatic heterocycles. The Morgan fingerprint density at radius 3 is 2.73 bits per heavy atom. The average molecular weight is 170 g/mol. The first-order valence-electron chi connectivity index (χ1n) is 3.16. The smallest absolute Gasteiger partial charge is 0.152 e. The fourth-order valence-electron chi connectivity index (χ4n) is 0.826. The van der Waals surface area contributed by atoms with Gasteiger partial charge in [-0.15, -0.1) is 0 Å². The molecule has 0 spiro atoms. The SMILES string of the molecule is Cc1c(Cl)ccc(C=O)c1N. The zero-order valence-corrected chi connectivity index (χ0v) is 6.85. The molecule has 1 rings (SSSR count). The van der Waals surface area contributed by atoms with Gasteiger partial charge in [0.05, 0.1) is 0 Å². The zero-order valence-electron chi connectivity index (χ0n) is 6.10. The van der Waals surface area contributed by atoms with Gasteiger partial charge in [0.2, 0.25) is 0 Å². The predicted molar refractivity (Wildman–Crippen MR) is 46.0 cm³/mol. The molecule has 0 unspecified atom stereocenters. The van der Waals surface area contributed by atoms with Gasteiger partial charge in [0.1, 0.15) is 0 Å². The van der Waals surface area contributed by atoms with E-state index < -0.39 is 0 Å². The minimum Gasteiger partial charge on any atom is -0.398 e. The van der Waals surface area contributed by atoms with Gasteiger partial charge in [0, 0.05) is 16.3 Å². The van der Waals surface area contributed by atoms with E-state index in [1.54, 1.807) is 19.1 Å². The second-order valence-corrected chi connectivity index (χ2v) is 2.70. The van der Waals surface area contributed by atoms with Crippen LogP contribution in [0.5, 0.6) is 0 Å². The van der Waals surface area contributed by atoms with Crippen molar-refractivity contribution < 1.29 is 4.79 Å². The molecule has 0 fully saturated rings. The summed E-state index contributed by atoms with van der Waals surface area (Å²) in [5.74, 6) is 0. The molecule has 3 heteroatoms. The van der Waals surface area contributed by atoms with Crippen LogP contribution in [0.1, 0.15) is 15.9 Å². The molecule has 0 aliphatic carbocycles. The summed E-state index contributed by atoms with van der Waals surface area (Å²) in [5, 5.41) is 0.591. The lowest BCUT2D eigenvalue weighted by atomic mass is 10.1. The van der Waals surface area contributed by atoms with Crippen molar-refractivity contribution in [3.05, 3.63) is 28.3 Å². The lowest BCUT2D eigenvalue weighted by molar-refractivity contribution is 0.112. The number of carbonyl (C=O) groups is 1. The zero-order chi connectivity index (χ0) is 8.43. The number of halogens is 1. The number of anilines is 1. The maximum Gasteiger partial charge on any atom is 0.152 e. The van der Waals surface area contributed by atoms with Crippen molar-refractivity contribution in [3.63, 3.8) is 0 Å². The van der Waals surface area contributed by atoms with Gasteiger partial charge in [-0.3, -0.25) is 4.79 Å². The third-order valence-electron chi connectivity index (χ3n) is 1.61. The Kier molecular flexibility index (Phi) is 2.15. The topological polar surface area (TPSA) is 43.1 Å². The number of nitrogen functional groups attached to an aromatic ring is 1. The van der Waals surface area contributed by atoms with Crippen molar-refractivity contribution in [2.24, 2.45) is 0 Å². The Hall–Kier alpha value is -1.02.